The van der Waals surface area contributed by atoms with Crippen molar-refractivity contribution >= 4 is 55.5 Å². The van der Waals surface area contributed by atoms with Gasteiger partial charge < -0.3 is 25.4 Å². The monoisotopic (exact) mass is 717 g/mol. The van der Waals surface area contributed by atoms with E-state index in [-0.39, 0.29) is 25.3 Å². The number of sulfonamides is 1. The van der Waals surface area contributed by atoms with Crippen LogP contribution in [0.25, 0.3) is 21.7 Å². The molecule has 3 heterocycles. The first-order valence-corrected chi connectivity index (χ1v) is 19.2. The Morgan fingerprint density at radius 3 is 2.43 bits per heavy atom. The van der Waals surface area contributed by atoms with Gasteiger partial charge in [0.05, 0.1) is 17.3 Å². The predicted molar refractivity (Wildman–Crippen MR) is 189 cm³/mol. The number of amides is 4. The molecule has 4 amide bonds. The summed E-state index contributed by atoms with van der Waals surface area (Å²) in [5.74, 6) is -2.40. The number of fused-ring (bicyclic) bond motifs is 5. The third-order valence-electron chi connectivity index (χ3n) is 10.7. The minimum Gasteiger partial charge on any atom is -0.472 e. The van der Waals surface area contributed by atoms with Crippen LogP contribution in [-0.2, 0) is 24.4 Å². The number of aromatic nitrogens is 1. The molecule has 14 heteroatoms. The summed E-state index contributed by atoms with van der Waals surface area (Å²) in [6.07, 6.45) is 4.85. The van der Waals surface area contributed by atoms with E-state index in [1.54, 1.807) is 0 Å². The lowest BCUT2D eigenvalue weighted by Crippen LogP contribution is -2.59. The molecule has 13 nitrogen and oxygen atoms in total. The van der Waals surface area contributed by atoms with E-state index in [0.29, 0.717) is 37.1 Å². The van der Waals surface area contributed by atoms with E-state index in [9.17, 15) is 32.7 Å². The van der Waals surface area contributed by atoms with Crippen molar-refractivity contribution in [3.05, 3.63) is 60.7 Å². The molecular weight excluding hydrogens is 675 g/mol. The second-order valence-electron chi connectivity index (χ2n) is 14.7. The van der Waals surface area contributed by atoms with Crippen LogP contribution in [0.5, 0.6) is 5.88 Å². The molecule has 1 saturated heterocycles. The van der Waals surface area contributed by atoms with Gasteiger partial charge in [0.2, 0.25) is 27.7 Å². The van der Waals surface area contributed by atoms with Crippen molar-refractivity contribution in [2.45, 2.75) is 87.8 Å². The van der Waals surface area contributed by atoms with Crippen molar-refractivity contribution in [2.75, 3.05) is 6.54 Å². The van der Waals surface area contributed by atoms with Crippen LogP contribution in [0.4, 0.5) is 4.79 Å². The summed E-state index contributed by atoms with van der Waals surface area (Å²) in [5.41, 5.74) is -0.805. The second-order valence-corrected chi connectivity index (χ2v) is 16.6. The Morgan fingerprint density at radius 2 is 1.71 bits per heavy atom. The Labute approximate surface area is 296 Å². The number of hydrogen-bond donors (Lipinski definition) is 4. The molecule has 1 aromatic heterocycles. The Balaban J connectivity index is 1.24. The van der Waals surface area contributed by atoms with Crippen LogP contribution in [0.1, 0.15) is 58.8 Å². The average Bonchev–Trinajstić information content (AvgIpc) is 4.02. The topological polar surface area (TPSA) is 184 Å². The number of allylic oxidation sites excluding steroid dienone is 1. The smallest absolute Gasteiger partial charge is 0.405 e. The number of ether oxygens (including phenoxy) is 1. The lowest BCUT2D eigenvalue weighted by Gasteiger charge is -2.32. The molecule has 3 fully saturated rings. The largest absolute Gasteiger partial charge is 0.472 e. The van der Waals surface area contributed by atoms with Gasteiger partial charge in [-0.05, 0) is 67.9 Å². The van der Waals surface area contributed by atoms with E-state index in [4.69, 9.17) is 9.72 Å². The molecule has 2 aliphatic carbocycles. The van der Waals surface area contributed by atoms with E-state index in [0.717, 1.165) is 22.6 Å². The molecule has 2 saturated carbocycles. The van der Waals surface area contributed by atoms with Crippen LogP contribution < -0.4 is 20.1 Å². The highest BCUT2D eigenvalue weighted by Crippen LogP contribution is 2.46. The molecule has 51 heavy (non-hydrogen) atoms. The third kappa shape index (κ3) is 6.97. The third-order valence-corrected chi connectivity index (χ3v) is 12.6. The molecule has 0 unspecified atom stereocenters. The van der Waals surface area contributed by atoms with Gasteiger partial charge in [0.25, 0.3) is 5.91 Å². The van der Waals surface area contributed by atoms with Crippen LogP contribution in [0.2, 0.25) is 0 Å². The minimum absolute atomic E-state index is 0.0313. The molecule has 4 N–H and O–H groups in total. The number of benzene rings is 2. The first-order chi connectivity index (χ1) is 24.4. The van der Waals surface area contributed by atoms with E-state index >= 15 is 0 Å². The molecular formula is C37H43N5O8S. The summed E-state index contributed by atoms with van der Waals surface area (Å²) in [7, 11) is -3.90. The number of nitrogens with one attached hydrogen (secondary N) is 3. The summed E-state index contributed by atoms with van der Waals surface area (Å²) in [5, 5.41) is 17.0. The van der Waals surface area contributed by atoms with Crippen LogP contribution in [-0.4, -0.2) is 82.7 Å². The van der Waals surface area contributed by atoms with Crippen molar-refractivity contribution in [2.24, 2.45) is 17.8 Å². The molecule has 7 atom stereocenters. The van der Waals surface area contributed by atoms with Gasteiger partial charge in [0, 0.05) is 23.1 Å². The number of carboxylic acid groups (broad SMARTS) is 1. The number of carbonyl (C=O) groups excluding carboxylic acids is 3. The molecule has 2 aromatic carbocycles. The van der Waals surface area contributed by atoms with Gasteiger partial charge in [-0.3, -0.25) is 19.1 Å². The number of carbonyl (C=O) groups is 4. The highest BCUT2D eigenvalue weighted by atomic mass is 32.2. The van der Waals surface area contributed by atoms with Crippen LogP contribution in [0.15, 0.2) is 60.7 Å². The zero-order valence-electron chi connectivity index (χ0n) is 28.6. The van der Waals surface area contributed by atoms with Gasteiger partial charge in [-0.2, -0.15) is 0 Å². The lowest BCUT2D eigenvalue weighted by molar-refractivity contribution is -0.142. The van der Waals surface area contributed by atoms with Crippen molar-refractivity contribution in [3.8, 4) is 5.88 Å². The molecule has 4 aliphatic rings. The van der Waals surface area contributed by atoms with Gasteiger partial charge in [0.1, 0.15) is 23.7 Å². The molecule has 0 radical (unpaired) electrons. The van der Waals surface area contributed by atoms with Crippen molar-refractivity contribution in [1.29, 1.82) is 0 Å². The molecule has 0 spiro atoms. The number of rotatable bonds is 6. The van der Waals surface area contributed by atoms with E-state index in [1.807, 2.05) is 74.5 Å². The zero-order chi connectivity index (χ0) is 36.1. The standard InChI is InChI=1S/C37H43N5O8S/c1-21-9-3-4-10-23-19-37(23,35(45)41-51(48,49)25-15-16-25)40-32(43)30-18-24(20-42(30)34(44)31(22(2)17-21)39-36(46)47)50-33-28-13-6-5-11-26(28)27-12-7-8-14-29(27)38-33/h4-8,10-14,21-25,30-31,39H,3,9,15-20H2,1-2H3,(H,40,43)(H,41,45)(H,46,47)/b10-4-/t21-,22-,23-,24-,30+,31+,37-/m1/s1. The number of para-hydroxylation sites is 1. The Kier molecular flexibility index (Phi) is 9.15. The van der Waals surface area contributed by atoms with Crippen LogP contribution in [0, 0.1) is 17.8 Å². The first-order valence-electron chi connectivity index (χ1n) is 17.6. The Hall–Kier alpha value is -4.72. The van der Waals surface area contributed by atoms with Crippen molar-refractivity contribution in [1.82, 2.24) is 25.2 Å². The van der Waals surface area contributed by atoms with Gasteiger partial charge in [-0.15, -0.1) is 0 Å². The van der Waals surface area contributed by atoms with E-state index in [1.165, 1.54) is 4.90 Å². The lowest BCUT2D eigenvalue weighted by atomic mass is 9.88. The highest BCUT2D eigenvalue weighted by Gasteiger charge is 2.62. The SMILES string of the molecule is C[C@@H]1CC/C=C\[C@@H]2C[C@@]2(C(=O)NS(=O)(=O)C2CC2)NC(=O)[C@@H]2C[C@@H](Oc3nc4ccccc4c4ccccc34)CN2C(=O)[C@@H](NC(=O)O)[C@H](C)C1. The Bertz CT molecular complexity index is 2030. The number of hydrogen-bond acceptors (Lipinski definition) is 8. The van der Waals surface area contributed by atoms with Crippen molar-refractivity contribution < 1.29 is 37.4 Å². The predicted octanol–water partition coefficient (Wildman–Crippen LogP) is 3.87. The summed E-state index contributed by atoms with van der Waals surface area (Å²) in [6, 6.07) is 13.0. The average molecular weight is 718 g/mol. The number of nitrogens with zero attached hydrogens (tertiary/aromatic N) is 2. The fraction of sp³-hybridized carbons (Fsp3) is 0.486. The maximum atomic E-state index is 14.4. The maximum Gasteiger partial charge on any atom is 0.405 e. The first kappa shape index (κ1) is 34.7. The highest BCUT2D eigenvalue weighted by molar-refractivity contribution is 7.91. The van der Waals surface area contributed by atoms with Crippen LogP contribution >= 0.6 is 0 Å². The quantitative estimate of drug-likeness (QED) is 0.217. The van der Waals surface area contributed by atoms with Crippen molar-refractivity contribution in [3.63, 3.8) is 0 Å². The van der Waals surface area contributed by atoms with Gasteiger partial charge in [0.15, 0.2) is 0 Å². The summed E-state index contributed by atoms with van der Waals surface area (Å²) < 4.78 is 34.3. The molecule has 0 bridgehead atoms. The summed E-state index contributed by atoms with van der Waals surface area (Å²) in [6.45, 7) is 3.82. The summed E-state index contributed by atoms with van der Waals surface area (Å²) in [4.78, 5) is 60.5. The molecule has 270 valence electrons. The summed E-state index contributed by atoms with van der Waals surface area (Å²) >= 11 is 0. The maximum absolute atomic E-state index is 14.4. The van der Waals surface area contributed by atoms with Gasteiger partial charge in [-0.25, -0.2) is 18.2 Å². The van der Waals surface area contributed by atoms with E-state index in [2.05, 4.69) is 15.4 Å². The number of pyridine rings is 1. The fourth-order valence-electron chi connectivity index (χ4n) is 7.75. The Morgan fingerprint density at radius 1 is 1.00 bits per heavy atom. The minimum atomic E-state index is -3.90. The fourth-order valence-corrected chi connectivity index (χ4v) is 9.12. The van der Waals surface area contributed by atoms with E-state index < -0.39 is 74.7 Å². The molecule has 7 rings (SSSR count). The van der Waals surface area contributed by atoms with Gasteiger partial charge in [-0.1, -0.05) is 62.4 Å². The molecule has 3 aromatic rings. The molecule has 2 aliphatic heterocycles. The van der Waals surface area contributed by atoms with Gasteiger partial charge >= 0.3 is 6.09 Å². The zero-order valence-corrected chi connectivity index (χ0v) is 29.4. The normalized spacial score (nSPS) is 30.7. The van der Waals surface area contributed by atoms with Crippen LogP contribution in [0.3, 0.4) is 0 Å². The second kappa shape index (κ2) is 13.4.